The van der Waals surface area contributed by atoms with Gasteiger partial charge < -0.3 is 0 Å². The molecule has 0 spiro atoms. The highest BCUT2D eigenvalue weighted by Crippen LogP contribution is 2.25. The smallest absolute Gasteiger partial charge is 0.0542 e. The number of sulfone groups is 3. The zero-order valence-corrected chi connectivity index (χ0v) is 11.0. The first-order valence-electron chi connectivity index (χ1n) is 4.01. The van der Waals surface area contributed by atoms with Crippen LogP contribution in [0.3, 0.4) is 0 Å². The Bertz CT molecular complexity index is 475. The Morgan fingerprint density at radius 2 is 1.07 bits per heavy atom. The third kappa shape index (κ3) is 3.42. The summed E-state index contributed by atoms with van der Waals surface area (Å²) in [6.07, 6.45) is 0.572. The first kappa shape index (κ1) is 14.8. The van der Waals surface area contributed by atoms with Crippen molar-refractivity contribution >= 4 is 29.5 Å². The van der Waals surface area contributed by atoms with E-state index in [0.717, 1.165) is 0 Å². The minimum atomic E-state index is -4.26. The number of rotatable bonds is 5. The van der Waals surface area contributed by atoms with E-state index in [9.17, 15) is 25.3 Å². The van der Waals surface area contributed by atoms with Crippen LogP contribution in [0.25, 0.3) is 0 Å². The maximum atomic E-state index is 11.4. The minimum Gasteiger partial charge on any atom is -0.260 e. The Hall–Kier alpha value is -0.150. The molecule has 0 amide bonds. The van der Waals surface area contributed by atoms with Gasteiger partial charge in [-0.3, -0.25) is 25.3 Å². The highest BCUT2D eigenvalue weighted by Gasteiger charge is 2.30. The van der Waals surface area contributed by atoms with E-state index in [4.69, 9.17) is 0 Å². The monoisotopic (exact) mass is 277 g/mol. The van der Waals surface area contributed by atoms with Crippen LogP contribution in [0.2, 0.25) is 0 Å². The molecule has 0 bridgehead atoms. The van der Waals surface area contributed by atoms with Crippen LogP contribution in [0.4, 0.5) is 0 Å². The fourth-order valence-electron chi connectivity index (χ4n) is 0.890. The first-order valence-corrected chi connectivity index (χ1v) is 9.21. The van der Waals surface area contributed by atoms with Crippen molar-refractivity contribution in [3.8, 4) is 0 Å². The van der Waals surface area contributed by atoms with Gasteiger partial charge in [-0.25, -0.2) is 0 Å². The summed E-state index contributed by atoms with van der Waals surface area (Å²) in [5.74, 6) is -1.12. The van der Waals surface area contributed by atoms with E-state index in [2.05, 4.69) is 0 Å². The molecule has 0 unspecified atom stereocenters. The average Bonchev–Trinajstić information content (AvgIpc) is 2.00. The standard InChI is InChI=1S/C6H13O6S3/c1-4-14(9,10)6(13(3,7)8)15(11,12)5-2/h4-5H2,1-3H3/q-1. The van der Waals surface area contributed by atoms with Crippen LogP contribution in [0.5, 0.6) is 0 Å². The fraction of sp³-hybridized carbons (Fsp3) is 0.833. The third-order valence-corrected chi connectivity index (χ3v) is 9.58. The molecule has 0 saturated carbocycles. The third-order valence-electron chi connectivity index (χ3n) is 1.57. The van der Waals surface area contributed by atoms with Crippen molar-refractivity contribution in [2.24, 2.45) is 0 Å². The Morgan fingerprint density at radius 1 is 0.800 bits per heavy atom. The average molecular weight is 277 g/mol. The van der Waals surface area contributed by atoms with E-state index in [1.807, 2.05) is 0 Å². The second-order valence-electron chi connectivity index (χ2n) is 2.83. The zero-order chi connectivity index (χ0) is 12.5. The van der Waals surface area contributed by atoms with E-state index in [1.165, 1.54) is 13.8 Å². The van der Waals surface area contributed by atoms with E-state index >= 15 is 0 Å². The molecule has 0 radical (unpaired) electrons. The van der Waals surface area contributed by atoms with Crippen LogP contribution >= 0.6 is 0 Å². The molecule has 0 N–H and O–H groups in total. The van der Waals surface area contributed by atoms with Gasteiger partial charge in [-0.2, -0.15) is 0 Å². The lowest BCUT2D eigenvalue weighted by molar-refractivity contribution is 0.586. The van der Waals surface area contributed by atoms with E-state index in [1.54, 1.807) is 0 Å². The van der Waals surface area contributed by atoms with Crippen LogP contribution in [-0.2, 0) is 29.5 Å². The molecule has 0 aliphatic rings. The summed E-state index contributed by atoms with van der Waals surface area (Å²) in [7, 11) is -12.8. The van der Waals surface area contributed by atoms with Gasteiger partial charge in [0, 0.05) is 21.7 Å². The molecule has 9 heteroatoms. The van der Waals surface area contributed by atoms with Crippen molar-refractivity contribution in [1.82, 2.24) is 0 Å². The predicted octanol–water partition coefficient (Wildman–Crippen LogP) is -0.653. The Balaban J connectivity index is 5.95. The SMILES string of the molecule is CCS(=O)(=O)[C-](S(C)(=O)=O)S(=O)(=O)CC. The van der Waals surface area contributed by atoms with Crippen molar-refractivity contribution in [3.05, 3.63) is 3.91 Å². The molecular weight excluding hydrogens is 264 g/mol. The summed E-state index contributed by atoms with van der Waals surface area (Å²) in [5.41, 5.74) is 0. The molecule has 92 valence electrons. The summed E-state index contributed by atoms with van der Waals surface area (Å²) in [5, 5.41) is 0. The number of hydrogen-bond donors (Lipinski definition) is 0. The van der Waals surface area contributed by atoms with E-state index < -0.39 is 44.9 Å². The van der Waals surface area contributed by atoms with Crippen molar-refractivity contribution in [1.29, 1.82) is 0 Å². The van der Waals surface area contributed by atoms with Gasteiger partial charge in [-0.15, -0.1) is 0 Å². The van der Waals surface area contributed by atoms with Crippen molar-refractivity contribution < 1.29 is 25.3 Å². The fourth-order valence-corrected chi connectivity index (χ4v) is 8.01. The minimum absolute atomic E-state index is 0.561. The Morgan fingerprint density at radius 3 is 1.20 bits per heavy atom. The van der Waals surface area contributed by atoms with Crippen molar-refractivity contribution in [2.75, 3.05) is 17.8 Å². The molecule has 0 fully saturated rings. The molecule has 0 aromatic heterocycles. The van der Waals surface area contributed by atoms with Gasteiger partial charge in [0.2, 0.25) is 0 Å². The van der Waals surface area contributed by atoms with E-state index in [0.29, 0.717) is 6.26 Å². The first-order chi connectivity index (χ1) is 6.49. The van der Waals surface area contributed by atoms with Gasteiger partial charge in [0.15, 0.2) is 0 Å². The van der Waals surface area contributed by atoms with Crippen LogP contribution in [0, 0.1) is 3.91 Å². The zero-order valence-electron chi connectivity index (χ0n) is 8.59. The largest absolute Gasteiger partial charge is 0.260 e. The lowest BCUT2D eigenvalue weighted by Crippen LogP contribution is -2.31. The predicted molar refractivity (Wildman–Crippen MR) is 57.0 cm³/mol. The molecule has 0 aromatic carbocycles. The molecule has 0 aromatic rings. The molecular formula is C6H13O6S3-. The second kappa shape index (κ2) is 4.38. The van der Waals surface area contributed by atoms with Gasteiger partial charge in [0.25, 0.3) is 0 Å². The summed E-state index contributed by atoms with van der Waals surface area (Å²) in [6.45, 7) is 2.37. The van der Waals surface area contributed by atoms with Gasteiger partial charge >= 0.3 is 0 Å². The van der Waals surface area contributed by atoms with Crippen LogP contribution < -0.4 is 0 Å². The number of hydrogen-bond acceptors (Lipinski definition) is 6. The molecule has 6 nitrogen and oxygen atoms in total. The Labute approximate surface area is 90.4 Å². The molecule has 0 atom stereocenters. The normalized spacial score (nSPS) is 14.4. The van der Waals surface area contributed by atoms with E-state index in [-0.39, 0.29) is 0 Å². The second-order valence-corrected chi connectivity index (χ2v) is 9.99. The van der Waals surface area contributed by atoms with Gasteiger partial charge in [0.1, 0.15) is 0 Å². The lowest BCUT2D eigenvalue weighted by Gasteiger charge is -2.26. The topological polar surface area (TPSA) is 102 Å². The summed E-state index contributed by atoms with van der Waals surface area (Å²) < 4.78 is 66.4. The highest BCUT2D eigenvalue weighted by atomic mass is 32.3. The summed E-state index contributed by atoms with van der Waals surface area (Å²) >= 11 is 0. The Kier molecular flexibility index (Phi) is 4.34. The van der Waals surface area contributed by atoms with Gasteiger partial charge in [-0.1, -0.05) is 13.8 Å². The van der Waals surface area contributed by atoms with Gasteiger partial charge in [0.05, 0.1) is 29.5 Å². The highest BCUT2D eigenvalue weighted by molar-refractivity contribution is 8.28. The van der Waals surface area contributed by atoms with Crippen LogP contribution in [0.1, 0.15) is 13.8 Å². The van der Waals surface area contributed by atoms with Crippen molar-refractivity contribution in [3.63, 3.8) is 0 Å². The summed E-state index contributed by atoms with van der Waals surface area (Å²) in [4.78, 5) is 0. The van der Waals surface area contributed by atoms with Crippen molar-refractivity contribution in [2.45, 2.75) is 13.8 Å². The molecule has 0 aliphatic heterocycles. The maximum Gasteiger partial charge on any atom is 0.0542 e. The molecule has 0 heterocycles. The molecule has 0 rings (SSSR count). The molecule has 0 saturated heterocycles. The van der Waals surface area contributed by atoms with Gasteiger partial charge in [-0.05, 0) is 0 Å². The molecule has 15 heavy (non-hydrogen) atoms. The lowest BCUT2D eigenvalue weighted by atomic mass is 11.0. The molecule has 0 aliphatic carbocycles. The summed E-state index contributed by atoms with van der Waals surface area (Å²) in [6, 6.07) is 0. The van der Waals surface area contributed by atoms with Crippen LogP contribution in [-0.4, -0.2) is 43.0 Å². The quantitative estimate of drug-likeness (QED) is 0.619. The maximum absolute atomic E-state index is 11.4. The van der Waals surface area contributed by atoms with Crippen LogP contribution in [0.15, 0.2) is 0 Å².